The molecule has 0 radical (unpaired) electrons. The first-order chi connectivity index (χ1) is 20.6. The molecule has 1 saturated heterocycles. The first-order valence-corrected chi connectivity index (χ1v) is 16.3. The SMILES string of the molecule is O=C(O)C1OC(c2cccc(Cl)c2)C(c2ccc(Cl)cc2)N(CC(C2CC2)N(c2ccccc2F)S(=O)(=O)C2CC2)C1=O. The van der Waals surface area contributed by atoms with Gasteiger partial charge in [0.2, 0.25) is 16.1 Å². The fourth-order valence-corrected chi connectivity index (χ4v) is 8.23. The molecule has 0 bridgehead atoms. The summed E-state index contributed by atoms with van der Waals surface area (Å²) in [7, 11) is -3.99. The number of ether oxygens (including phenoxy) is 1. The van der Waals surface area contributed by atoms with Crippen LogP contribution in [0.2, 0.25) is 10.0 Å². The minimum absolute atomic E-state index is 0.0868. The summed E-state index contributed by atoms with van der Waals surface area (Å²) in [6, 6.07) is 17.5. The first-order valence-electron chi connectivity index (χ1n) is 14.0. The number of hydrogen-bond acceptors (Lipinski definition) is 5. The van der Waals surface area contributed by atoms with E-state index in [2.05, 4.69) is 0 Å². The fraction of sp³-hybridized carbons (Fsp3) is 0.355. The molecule has 4 atom stereocenters. The van der Waals surface area contributed by atoms with Crippen LogP contribution >= 0.6 is 23.2 Å². The monoisotopic (exact) mass is 646 g/mol. The number of aliphatic carboxylic acids is 1. The van der Waals surface area contributed by atoms with Crippen LogP contribution in [0, 0.1) is 11.7 Å². The zero-order chi connectivity index (χ0) is 30.5. The van der Waals surface area contributed by atoms with E-state index < -0.39 is 57.3 Å². The Morgan fingerprint density at radius 1 is 0.977 bits per heavy atom. The third kappa shape index (κ3) is 5.98. The number of halogens is 3. The summed E-state index contributed by atoms with van der Waals surface area (Å²) in [5.74, 6) is -3.16. The molecule has 2 saturated carbocycles. The Hall–Kier alpha value is -3.18. The van der Waals surface area contributed by atoms with E-state index in [9.17, 15) is 23.1 Å². The number of hydrogen-bond donors (Lipinski definition) is 1. The zero-order valence-corrected chi connectivity index (χ0v) is 25.2. The lowest BCUT2D eigenvalue weighted by molar-refractivity contribution is -0.186. The highest BCUT2D eigenvalue weighted by Crippen LogP contribution is 2.47. The number of benzene rings is 3. The predicted molar refractivity (Wildman–Crippen MR) is 160 cm³/mol. The number of amides is 1. The summed E-state index contributed by atoms with van der Waals surface area (Å²) in [6.07, 6.45) is -0.534. The average Bonchev–Trinajstić information content (AvgIpc) is 3.87. The maximum atomic E-state index is 15.3. The maximum Gasteiger partial charge on any atom is 0.342 e. The Morgan fingerprint density at radius 2 is 1.67 bits per heavy atom. The Balaban J connectivity index is 1.50. The van der Waals surface area contributed by atoms with Gasteiger partial charge in [0, 0.05) is 16.6 Å². The van der Waals surface area contributed by atoms with E-state index in [4.69, 9.17) is 27.9 Å². The van der Waals surface area contributed by atoms with Crippen molar-refractivity contribution >= 4 is 50.8 Å². The molecule has 2 aliphatic carbocycles. The smallest absolute Gasteiger partial charge is 0.342 e. The van der Waals surface area contributed by atoms with E-state index in [1.165, 1.54) is 23.1 Å². The fourth-order valence-electron chi connectivity index (χ4n) is 5.82. The van der Waals surface area contributed by atoms with Gasteiger partial charge < -0.3 is 14.7 Å². The van der Waals surface area contributed by atoms with Crippen LogP contribution < -0.4 is 4.31 Å². The second-order valence-corrected chi connectivity index (χ2v) is 14.2. The predicted octanol–water partition coefficient (Wildman–Crippen LogP) is 6.00. The summed E-state index contributed by atoms with van der Waals surface area (Å²) in [6.45, 7) is -0.179. The Morgan fingerprint density at radius 3 is 2.28 bits per heavy atom. The first kappa shape index (κ1) is 29.9. The lowest BCUT2D eigenvalue weighted by Gasteiger charge is -2.46. The molecule has 3 aromatic carbocycles. The van der Waals surface area contributed by atoms with Crippen LogP contribution in [0.3, 0.4) is 0 Å². The van der Waals surface area contributed by atoms with Crippen LogP contribution in [0.5, 0.6) is 0 Å². The minimum Gasteiger partial charge on any atom is -0.479 e. The third-order valence-corrected chi connectivity index (χ3v) is 11.0. The van der Waals surface area contributed by atoms with E-state index in [0.29, 0.717) is 46.9 Å². The highest BCUT2D eigenvalue weighted by Gasteiger charge is 2.52. The second kappa shape index (κ2) is 11.7. The summed E-state index contributed by atoms with van der Waals surface area (Å²) < 4.78 is 50.3. The highest BCUT2D eigenvalue weighted by molar-refractivity contribution is 7.93. The van der Waals surface area contributed by atoms with E-state index in [0.717, 1.165) is 4.31 Å². The van der Waals surface area contributed by atoms with Gasteiger partial charge in [-0.3, -0.25) is 9.10 Å². The van der Waals surface area contributed by atoms with Gasteiger partial charge >= 0.3 is 5.97 Å². The number of carbonyl (C=O) groups is 2. The molecule has 4 unspecified atom stereocenters. The van der Waals surface area contributed by atoms with Crippen molar-refractivity contribution in [1.29, 1.82) is 0 Å². The molecule has 0 spiro atoms. The number of para-hydroxylation sites is 1. The van der Waals surface area contributed by atoms with Crippen molar-refractivity contribution in [3.63, 3.8) is 0 Å². The summed E-state index contributed by atoms with van der Waals surface area (Å²) in [4.78, 5) is 27.7. The maximum absolute atomic E-state index is 15.3. The molecule has 226 valence electrons. The topological polar surface area (TPSA) is 104 Å². The summed E-state index contributed by atoms with van der Waals surface area (Å²) in [5.41, 5.74) is 1.05. The van der Waals surface area contributed by atoms with Crippen LogP contribution in [-0.2, 0) is 24.3 Å². The largest absolute Gasteiger partial charge is 0.479 e. The normalized spacial score (nSPS) is 23.2. The molecular weight excluding hydrogens is 618 g/mol. The van der Waals surface area contributed by atoms with Gasteiger partial charge in [0.05, 0.1) is 23.0 Å². The van der Waals surface area contributed by atoms with Crippen LogP contribution in [-0.4, -0.2) is 54.2 Å². The van der Waals surface area contributed by atoms with Crippen molar-refractivity contribution in [3.05, 3.63) is 99.8 Å². The Bertz CT molecular complexity index is 1650. The molecule has 43 heavy (non-hydrogen) atoms. The van der Waals surface area contributed by atoms with Crippen LogP contribution in [0.15, 0.2) is 72.8 Å². The molecule has 1 aliphatic heterocycles. The molecule has 1 heterocycles. The molecular formula is C31H29Cl2FN2O6S. The number of rotatable bonds is 10. The van der Waals surface area contributed by atoms with Crippen molar-refractivity contribution in [2.75, 3.05) is 10.8 Å². The molecule has 6 rings (SSSR count). The number of nitrogens with zero attached hydrogens (tertiary/aromatic N) is 2. The van der Waals surface area contributed by atoms with E-state index in [1.54, 1.807) is 54.6 Å². The van der Waals surface area contributed by atoms with Gasteiger partial charge in [0.1, 0.15) is 11.9 Å². The van der Waals surface area contributed by atoms with E-state index >= 15 is 4.39 Å². The number of carbonyl (C=O) groups excluding carboxylic acids is 1. The lowest BCUT2D eigenvalue weighted by Crippen LogP contribution is -2.58. The van der Waals surface area contributed by atoms with Crippen molar-refractivity contribution in [1.82, 2.24) is 4.90 Å². The van der Waals surface area contributed by atoms with E-state index in [-0.39, 0.29) is 18.2 Å². The molecule has 1 N–H and O–H groups in total. The van der Waals surface area contributed by atoms with Gasteiger partial charge in [-0.15, -0.1) is 0 Å². The number of anilines is 1. The van der Waals surface area contributed by atoms with Gasteiger partial charge in [0.25, 0.3) is 5.91 Å². The Kier molecular flexibility index (Phi) is 8.14. The van der Waals surface area contributed by atoms with Crippen LogP contribution in [0.4, 0.5) is 10.1 Å². The molecule has 8 nitrogen and oxygen atoms in total. The third-order valence-electron chi connectivity index (χ3n) is 8.19. The quantitative estimate of drug-likeness (QED) is 0.271. The van der Waals surface area contributed by atoms with Crippen molar-refractivity contribution < 1.29 is 32.2 Å². The van der Waals surface area contributed by atoms with Gasteiger partial charge in [0.15, 0.2) is 0 Å². The minimum atomic E-state index is -3.99. The number of carboxylic acid groups (broad SMARTS) is 1. The van der Waals surface area contributed by atoms with Crippen molar-refractivity contribution in [3.8, 4) is 0 Å². The number of sulfonamides is 1. The molecule has 3 aliphatic rings. The average molecular weight is 648 g/mol. The number of morpholine rings is 1. The Labute approximate surface area is 259 Å². The molecule has 0 aromatic heterocycles. The van der Waals surface area contributed by atoms with Gasteiger partial charge in [-0.1, -0.05) is 59.6 Å². The van der Waals surface area contributed by atoms with Gasteiger partial charge in [-0.05, 0) is 79.1 Å². The van der Waals surface area contributed by atoms with Gasteiger partial charge in [-0.25, -0.2) is 17.6 Å². The van der Waals surface area contributed by atoms with Gasteiger partial charge in [-0.2, -0.15) is 0 Å². The van der Waals surface area contributed by atoms with Crippen molar-refractivity contribution in [2.45, 2.75) is 55.2 Å². The second-order valence-electron chi connectivity index (χ2n) is 11.2. The van der Waals surface area contributed by atoms with Crippen molar-refractivity contribution in [2.24, 2.45) is 5.92 Å². The van der Waals surface area contributed by atoms with E-state index in [1.807, 2.05) is 0 Å². The number of carboxylic acids is 1. The molecule has 3 fully saturated rings. The summed E-state index contributed by atoms with van der Waals surface area (Å²) in [5, 5.41) is 10.3. The molecule has 3 aromatic rings. The molecule has 12 heteroatoms. The zero-order valence-electron chi connectivity index (χ0n) is 22.9. The standard InChI is InChI=1S/C31H29Cl2FN2O6S/c32-21-12-10-19(11-13-21)27-28(20-4-3-5-22(33)16-20)42-29(31(38)39)30(37)35(27)17-26(18-8-9-18)36(43(40,41)23-14-15-23)25-7-2-1-6-24(25)34/h1-7,10-13,16,18,23,26-29H,8-9,14-15,17H2,(H,38,39). The van der Waals surface area contributed by atoms with Crippen LogP contribution in [0.1, 0.15) is 49.0 Å². The highest BCUT2D eigenvalue weighted by atomic mass is 35.5. The lowest BCUT2D eigenvalue weighted by atomic mass is 9.91. The molecule has 1 amide bonds. The summed E-state index contributed by atoms with van der Waals surface area (Å²) >= 11 is 12.5. The van der Waals surface area contributed by atoms with Crippen LogP contribution in [0.25, 0.3) is 0 Å².